The molecule has 1 amide bonds. The molecule has 1 aromatic carbocycles. The fourth-order valence-corrected chi connectivity index (χ4v) is 3.75. The predicted molar refractivity (Wildman–Crippen MR) is 86.5 cm³/mol. The van der Waals surface area contributed by atoms with E-state index in [0.29, 0.717) is 31.5 Å². The maximum absolute atomic E-state index is 13.6. The van der Waals surface area contributed by atoms with Gasteiger partial charge >= 0.3 is 0 Å². The van der Waals surface area contributed by atoms with Gasteiger partial charge in [-0.25, -0.2) is 4.39 Å². The van der Waals surface area contributed by atoms with Crippen LogP contribution in [0.15, 0.2) is 24.3 Å². The Morgan fingerprint density at radius 1 is 1.17 bits per heavy atom. The predicted octanol–water partition coefficient (Wildman–Crippen LogP) is 1.82. The Labute approximate surface area is 136 Å². The van der Waals surface area contributed by atoms with E-state index in [1.807, 2.05) is 4.90 Å². The van der Waals surface area contributed by atoms with Crippen molar-refractivity contribution in [3.8, 4) is 0 Å². The Morgan fingerprint density at radius 3 is 2.57 bits per heavy atom. The quantitative estimate of drug-likeness (QED) is 0.920. The van der Waals surface area contributed by atoms with E-state index in [0.717, 1.165) is 32.4 Å². The molecule has 1 saturated carbocycles. The lowest BCUT2D eigenvalue weighted by molar-refractivity contribution is -0.133. The summed E-state index contributed by atoms with van der Waals surface area (Å²) >= 11 is 0. The second-order valence-electron chi connectivity index (χ2n) is 6.57. The van der Waals surface area contributed by atoms with Gasteiger partial charge < -0.3 is 10.0 Å². The molecule has 1 N–H and O–H groups in total. The molecule has 1 saturated heterocycles. The van der Waals surface area contributed by atoms with Gasteiger partial charge in [-0.15, -0.1) is 0 Å². The average molecular weight is 320 g/mol. The number of aryl methyl sites for hydroxylation is 1. The molecule has 1 aromatic rings. The minimum atomic E-state index is -0.236. The number of nitrogens with zero attached hydrogens (tertiary/aromatic N) is 2. The number of amides is 1. The molecule has 2 atom stereocenters. The van der Waals surface area contributed by atoms with Crippen LogP contribution in [0, 0.1) is 5.82 Å². The summed E-state index contributed by atoms with van der Waals surface area (Å²) in [5, 5.41) is 9.99. The summed E-state index contributed by atoms with van der Waals surface area (Å²) in [7, 11) is 0. The number of carbonyl (C=O) groups excluding carboxylic acids is 1. The Kier molecular flexibility index (Phi) is 5.28. The third-order valence-corrected chi connectivity index (χ3v) is 5.15. The molecule has 126 valence electrons. The SMILES string of the molecule is O=C(CCc1ccccc1F)N1CCN([C@H]2CCC[C@@H]2O)CC1. The lowest BCUT2D eigenvalue weighted by Crippen LogP contribution is -2.53. The first-order valence-electron chi connectivity index (χ1n) is 8.58. The first kappa shape index (κ1) is 16.4. The largest absolute Gasteiger partial charge is 0.391 e. The zero-order valence-electron chi connectivity index (χ0n) is 13.5. The van der Waals surface area contributed by atoms with Crippen LogP contribution in [0.25, 0.3) is 0 Å². The van der Waals surface area contributed by atoms with Crippen LogP contribution < -0.4 is 0 Å². The monoisotopic (exact) mass is 320 g/mol. The molecule has 2 fully saturated rings. The van der Waals surface area contributed by atoms with Crippen LogP contribution in [-0.4, -0.2) is 59.1 Å². The summed E-state index contributed by atoms with van der Waals surface area (Å²) < 4.78 is 13.6. The van der Waals surface area contributed by atoms with Gasteiger partial charge in [-0.1, -0.05) is 18.2 Å². The van der Waals surface area contributed by atoms with E-state index >= 15 is 0 Å². The Balaban J connectivity index is 1.46. The highest BCUT2D eigenvalue weighted by Gasteiger charge is 2.33. The zero-order chi connectivity index (χ0) is 16.2. The van der Waals surface area contributed by atoms with Crippen molar-refractivity contribution in [2.75, 3.05) is 26.2 Å². The van der Waals surface area contributed by atoms with Gasteiger partial charge in [-0.05, 0) is 37.3 Å². The van der Waals surface area contributed by atoms with Crippen molar-refractivity contribution in [1.82, 2.24) is 9.80 Å². The number of hydrogen-bond donors (Lipinski definition) is 1. The Hall–Kier alpha value is -1.46. The van der Waals surface area contributed by atoms with E-state index in [-0.39, 0.29) is 23.9 Å². The molecule has 0 bridgehead atoms. The summed E-state index contributed by atoms with van der Waals surface area (Å²) in [5.41, 5.74) is 0.605. The van der Waals surface area contributed by atoms with Gasteiger partial charge in [0.15, 0.2) is 0 Å². The highest BCUT2D eigenvalue weighted by molar-refractivity contribution is 5.76. The fourth-order valence-electron chi connectivity index (χ4n) is 3.75. The van der Waals surface area contributed by atoms with Crippen molar-refractivity contribution in [2.45, 2.75) is 44.2 Å². The van der Waals surface area contributed by atoms with Crippen LogP contribution >= 0.6 is 0 Å². The van der Waals surface area contributed by atoms with E-state index < -0.39 is 0 Å². The van der Waals surface area contributed by atoms with Gasteiger partial charge in [0.2, 0.25) is 5.91 Å². The van der Waals surface area contributed by atoms with Crippen LogP contribution in [0.3, 0.4) is 0 Å². The Morgan fingerprint density at radius 2 is 1.91 bits per heavy atom. The number of halogens is 1. The second kappa shape index (κ2) is 7.41. The first-order chi connectivity index (χ1) is 11.1. The van der Waals surface area contributed by atoms with Crippen molar-refractivity contribution < 1.29 is 14.3 Å². The number of aliphatic hydroxyl groups is 1. The minimum absolute atomic E-state index is 0.0971. The molecule has 5 heteroatoms. The molecule has 1 aliphatic heterocycles. The van der Waals surface area contributed by atoms with E-state index in [4.69, 9.17) is 0 Å². The standard InChI is InChI=1S/C18H25FN2O2/c19-15-5-2-1-4-14(15)8-9-18(23)21-12-10-20(11-13-21)16-6-3-7-17(16)22/h1-2,4-5,16-17,22H,3,6-13H2/t16-,17-/m0/s1. The van der Waals surface area contributed by atoms with Crippen LogP contribution in [0.1, 0.15) is 31.2 Å². The fraction of sp³-hybridized carbons (Fsp3) is 0.611. The van der Waals surface area contributed by atoms with Crippen molar-refractivity contribution in [1.29, 1.82) is 0 Å². The number of carbonyl (C=O) groups is 1. The minimum Gasteiger partial charge on any atom is -0.391 e. The number of aliphatic hydroxyl groups excluding tert-OH is 1. The topological polar surface area (TPSA) is 43.8 Å². The highest BCUT2D eigenvalue weighted by atomic mass is 19.1. The average Bonchev–Trinajstić information content (AvgIpc) is 3.00. The maximum atomic E-state index is 13.6. The lowest BCUT2D eigenvalue weighted by Gasteiger charge is -2.39. The summed E-state index contributed by atoms with van der Waals surface area (Å²) in [6.45, 7) is 3.07. The molecule has 0 spiro atoms. The van der Waals surface area contributed by atoms with Crippen LogP contribution in [0.2, 0.25) is 0 Å². The molecule has 1 heterocycles. The van der Waals surface area contributed by atoms with E-state index in [1.165, 1.54) is 6.07 Å². The number of piperazine rings is 1. The number of hydrogen-bond acceptors (Lipinski definition) is 3. The van der Waals surface area contributed by atoms with E-state index in [1.54, 1.807) is 18.2 Å². The molecule has 0 aromatic heterocycles. The van der Waals surface area contributed by atoms with Gasteiger partial charge in [0, 0.05) is 38.6 Å². The lowest BCUT2D eigenvalue weighted by atomic mass is 10.1. The molecular weight excluding hydrogens is 295 g/mol. The van der Waals surface area contributed by atoms with Crippen molar-refractivity contribution in [3.05, 3.63) is 35.6 Å². The molecule has 23 heavy (non-hydrogen) atoms. The van der Waals surface area contributed by atoms with Gasteiger partial charge in [0.25, 0.3) is 0 Å². The highest BCUT2D eigenvalue weighted by Crippen LogP contribution is 2.25. The van der Waals surface area contributed by atoms with Crippen molar-refractivity contribution in [3.63, 3.8) is 0 Å². The van der Waals surface area contributed by atoms with Crippen LogP contribution in [0.4, 0.5) is 4.39 Å². The first-order valence-corrected chi connectivity index (χ1v) is 8.58. The second-order valence-corrected chi connectivity index (χ2v) is 6.57. The third-order valence-electron chi connectivity index (χ3n) is 5.15. The molecular formula is C18H25FN2O2. The van der Waals surface area contributed by atoms with E-state index in [9.17, 15) is 14.3 Å². The smallest absolute Gasteiger partial charge is 0.222 e. The number of benzene rings is 1. The summed E-state index contributed by atoms with van der Waals surface area (Å²) in [6, 6.07) is 6.91. The van der Waals surface area contributed by atoms with Gasteiger partial charge in [-0.3, -0.25) is 9.69 Å². The van der Waals surface area contributed by atoms with Crippen LogP contribution in [0.5, 0.6) is 0 Å². The molecule has 3 rings (SSSR count). The summed E-state index contributed by atoms with van der Waals surface area (Å²) in [5.74, 6) is -0.139. The van der Waals surface area contributed by atoms with Gasteiger partial charge in [0.05, 0.1) is 6.10 Å². The van der Waals surface area contributed by atoms with Gasteiger partial charge in [0.1, 0.15) is 5.82 Å². The van der Waals surface area contributed by atoms with Gasteiger partial charge in [-0.2, -0.15) is 0 Å². The van der Waals surface area contributed by atoms with Crippen molar-refractivity contribution >= 4 is 5.91 Å². The Bertz CT molecular complexity index is 544. The van der Waals surface area contributed by atoms with Crippen molar-refractivity contribution in [2.24, 2.45) is 0 Å². The maximum Gasteiger partial charge on any atom is 0.222 e. The van der Waals surface area contributed by atoms with E-state index in [2.05, 4.69) is 4.90 Å². The zero-order valence-corrected chi connectivity index (χ0v) is 13.5. The summed E-state index contributed by atoms with van der Waals surface area (Å²) in [4.78, 5) is 16.5. The number of rotatable bonds is 4. The molecule has 4 nitrogen and oxygen atoms in total. The molecule has 2 aliphatic rings. The molecule has 1 aliphatic carbocycles. The van der Waals surface area contributed by atoms with Crippen LogP contribution in [-0.2, 0) is 11.2 Å². The summed E-state index contributed by atoms with van der Waals surface area (Å²) in [6.07, 6.45) is 3.64. The molecule has 0 radical (unpaired) electrons. The third kappa shape index (κ3) is 3.90. The normalized spacial score (nSPS) is 25.7. The molecule has 0 unspecified atom stereocenters.